The average molecular weight is 417 g/mol. The summed E-state index contributed by atoms with van der Waals surface area (Å²) < 4.78 is 5.69. The van der Waals surface area contributed by atoms with Crippen molar-refractivity contribution in [1.29, 1.82) is 0 Å². The summed E-state index contributed by atoms with van der Waals surface area (Å²) in [5.41, 5.74) is 2.00. The first-order valence-electron chi connectivity index (χ1n) is 9.61. The minimum Gasteiger partial charge on any atom is -0.484 e. The molecule has 2 amide bonds. The van der Waals surface area contributed by atoms with Gasteiger partial charge in [-0.25, -0.2) is 0 Å². The van der Waals surface area contributed by atoms with Crippen LogP contribution in [0.2, 0.25) is 5.02 Å². The van der Waals surface area contributed by atoms with Crippen LogP contribution in [0.5, 0.6) is 5.75 Å². The van der Waals surface area contributed by atoms with Gasteiger partial charge in [-0.3, -0.25) is 9.59 Å². The molecule has 2 aromatic rings. The number of benzene rings is 2. The fourth-order valence-corrected chi connectivity index (χ4v) is 3.08. The monoisotopic (exact) mass is 416 g/mol. The van der Waals surface area contributed by atoms with Gasteiger partial charge in [-0.1, -0.05) is 62.7 Å². The number of nitrogens with one attached hydrogen (secondary N) is 1. The Bertz CT molecular complexity index is 844. The van der Waals surface area contributed by atoms with Crippen LogP contribution in [0, 0.1) is 0 Å². The Morgan fingerprint density at radius 3 is 2.28 bits per heavy atom. The number of carbonyl (C=O) groups excluding carboxylic acids is 2. The lowest BCUT2D eigenvalue weighted by molar-refractivity contribution is -0.142. The summed E-state index contributed by atoms with van der Waals surface area (Å²) in [6.45, 7) is 8.16. The van der Waals surface area contributed by atoms with Crippen LogP contribution in [0.15, 0.2) is 48.5 Å². The number of rotatable bonds is 7. The molecular formula is C23H29ClN2O3. The maximum Gasteiger partial charge on any atom is 0.261 e. The number of likely N-dealkylation sites (N-methyl/N-ethyl adjacent to an activating group) is 1. The van der Waals surface area contributed by atoms with Crippen LogP contribution >= 0.6 is 11.6 Å². The van der Waals surface area contributed by atoms with Gasteiger partial charge in [0.25, 0.3) is 5.91 Å². The van der Waals surface area contributed by atoms with Crippen molar-refractivity contribution in [1.82, 2.24) is 10.2 Å². The minimum atomic E-state index is -0.657. The molecule has 2 rings (SSSR count). The molecule has 1 N–H and O–H groups in total. The molecule has 0 fully saturated rings. The Kier molecular flexibility index (Phi) is 7.68. The third-order valence-corrected chi connectivity index (χ3v) is 5.16. The standard InChI is InChI=1S/C23H29ClN2O3/c1-16(22(28)25-5)26(14-17-8-6-7-9-20(17)24)21(27)15-29-19-12-10-18(11-13-19)23(2,3)4/h6-13,16H,14-15H2,1-5H3,(H,25,28). The summed E-state index contributed by atoms with van der Waals surface area (Å²) >= 11 is 6.25. The fourth-order valence-electron chi connectivity index (χ4n) is 2.88. The van der Waals surface area contributed by atoms with E-state index in [2.05, 4.69) is 26.1 Å². The zero-order chi connectivity index (χ0) is 21.6. The van der Waals surface area contributed by atoms with Crippen molar-refractivity contribution in [3.63, 3.8) is 0 Å². The zero-order valence-corrected chi connectivity index (χ0v) is 18.4. The molecule has 0 aliphatic heterocycles. The van der Waals surface area contributed by atoms with E-state index in [0.717, 1.165) is 5.56 Å². The summed E-state index contributed by atoms with van der Waals surface area (Å²) in [6, 6.07) is 14.3. The molecule has 2 aromatic carbocycles. The molecule has 1 atom stereocenters. The number of hydrogen-bond acceptors (Lipinski definition) is 3. The van der Waals surface area contributed by atoms with Crippen molar-refractivity contribution in [3.05, 3.63) is 64.7 Å². The van der Waals surface area contributed by atoms with E-state index in [1.165, 1.54) is 10.5 Å². The zero-order valence-electron chi connectivity index (χ0n) is 17.7. The molecule has 0 bridgehead atoms. The van der Waals surface area contributed by atoms with Gasteiger partial charge in [-0.2, -0.15) is 0 Å². The number of carbonyl (C=O) groups is 2. The van der Waals surface area contributed by atoms with E-state index in [1.54, 1.807) is 20.0 Å². The van der Waals surface area contributed by atoms with Gasteiger partial charge in [0.05, 0.1) is 0 Å². The summed E-state index contributed by atoms with van der Waals surface area (Å²) in [4.78, 5) is 26.5. The predicted octanol–water partition coefficient (Wildman–Crippen LogP) is 4.18. The molecule has 0 aliphatic rings. The van der Waals surface area contributed by atoms with E-state index >= 15 is 0 Å². The molecule has 6 heteroatoms. The van der Waals surface area contributed by atoms with Gasteiger partial charge in [0.1, 0.15) is 11.8 Å². The maximum atomic E-state index is 12.9. The molecule has 156 valence electrons. The molecule has 0 saturated heterocycles. The van der Waals surface area contributed by atoms with Crippen LogP contribution < -0.4 is 10.1 Å². The van der Waals surface area contributed by atoms with Gasteiger partial charge in [-0.15, -0.1) is 0 Å². The topological polar surface area (TPSA) is 58.6 Å². The second-order valence-electron chi connectivity index (χ2n) is 7.97. The Morgan fingerprint density at radius 1 is 1.10 bits per heavy atom. The van der Waals surface area contributed by atoms with E-state index in [9.17, 15) is 9.59 Å². The molecule has 5 nitrogen and oxygen atoms in total. The van der Waals surface area contributed by atoms with Crippen LogP contribution in [0.3, 0.4) is 0 Å². The van der Waals surface area contributed by atoms with Crippen LogP contribution in [0.25, 0.3) is 0 Å². The molecule has 0 heterocycles. The van der Waals surface area contributed by atoms with Crippen molar-refractivity contribution < 1.29 is 14.3 Å². The first-order valence-corrected chi connectivity index (χ1v) is 9.99. The Morgan fingerprint density at radius 2 is 1.72 bits per heavy atom. The molecule has 0 aliphatic carbocycles. The third-order valence-electron chi connectivity index (χ3n) is 4.79. The molecular weight excluding hydrogens is 388 g/mol. The van der Waals surface area contributed by atoms with Crippen LogP contribution in [0.4, 0.5) is 0 Å². The summed E-state index contributed by atoms with van der Waals surface area (Å²) in [5.74, 6) is 0.0671. The molecule has 0 saturated carbocycles. The van der Waals surface area contributed by atoms with E-state index in [0.29, 0.717) is 10.8 Å². The van der Waals surface area contributed by atoms with E-state index < -0.39 is 6.04 Å². The Labute approximate surface area is 178 Å². The fraction of sp³-hybridized carbons (Fsp3) is 0.391. The second-order valence-corrected chi connectivity index (χ2v) is 8.37. The maximum absolute atomic E-state index is 12.9. The van der Waals surface area contributed by atoms with Crippen molar-refractivity contribution in [3.8, 4) is 5.75 Å². The van der Waals surface area contributed by atoms with Crippen molar-refractivity contribution in [2.75, 3.05) is 13.7 Å². The van der Waals surface area contributed by atoms with Gasteiger partial charge in [0.2, 0.25) is 5.91 Å². The highest BCUT2D eigenvalue weighted by Crippen LogP contribution is 2.24. The van der Waals surface area contributed by atoms with Crippen LogP contribution in [-0.4, -0.2) is 36.4 Å². The SMILES string of the molecule is CNC(=O)C(C)N(Cc1ccccc1Cl)C(=O)COc1ccc(C(C)(C)C)cc1. The van der Waals surface area contributed by atoms with Gasteiger partial charge in [-0.05, 0) is 41.7 Å². The quantitative estimate of drug-likeness (QED) is 0.736. The summed E-state index contributed by atoms with van der Waals surface area (Å²) in [7, 11) is 1.55. The summed E-state index contributed by atoms with van der Waals surface area (Å²) in [6.07, 6.45) is 0. The Hall–Kier alpha value is -2.53. The van der Waals surface area contributed by atoms with Crippen molar-refractivity contribution in [2.24, 2.45) is 0 Å². The van der Waals surface area contributed by atoms with Gasteiger partial charge in [0.15, 0.2) is 6.61 Å². The highest BCUT2D eigenvalue weighted by Gasteiger charge is 2.26. The number of amides is 2. The molecule has 1 unspecified atom stereocenters. The lowest BCUT2D eigenvalue weighted by Gasteiger charge is -2.28. The smallest absolute Gasteiger partial charge is 0.261 e. The highest BCUT2D eigenvalue weighted by molar-refractivity contribution is 6.31. The molecule has 0 radical (unpaired) electrons. The van der Waals surface area contributed by atoms with E-state index in [4.69, 9.17) is 16.3 Å². The molecule has 0 aromatic heterocycles. The number of halogens is 1. The largest absolute Gasteiger partial charge is 0.484 e. The lowest BCUT2D eigenvalue weighted by Crippen LogP contribution is -2.48. The van der Waals surface area contributed by atoms with Gasteiger partial charge in [0, 0.05) is 18.6 Å². The number of nitrogens with zero attached hydrogens (tertiary/aromatic N) is 1. The third kappa shape index (κ3) is 6.23. The first-order chi connectivity index (χ1) is 13.6. The normalized spacial score (nSPS) is 12.2. The molecule has 0 spiro atoms. The van der Waals surface area contributed by atoms with Crippen molar-refractivity contribution >= 4 is 23.4 Å². The van der Waals surface area contributed by atoms with Gasteiger partial charge >= 0.3 is 0 Å². The van der Waals surface area contributed by atoms with Crippen molar-refractivity contribution in [2.45, 2.75) is 45.7 Å². The number of ether oxygens (including phenoxy) is 1. The average Bonchev–Trinajstić information content (AvgIpc) is 2.70. The van der Waals surface area contributed by atoms with E-state index in [1.807, 2.05) is 42.5 Å². The lowest BCUT2D eigenvalue weighted by atomic mass is 9.87. The highest BCUT2D eigenvalue weighted by atomic mass is 35.5. The molecule has 29 heavy (non-hydrogen) atoms. The summed E-state index contributed by atoms with van der Waals surface area (Å²) in [5, 5.41) is 3.14. The first kappa shape index (κ1) is 22.8. The Balaban J connectivity index is 2.12. The van der Waals surface area contributed by atoms with Gasteiger partial charge < -0.3 is 15.0 Å². The predicted molar refractivity (Wildman–Crippen MR) is 116 cm³/mol. The second kappa shape index (κ2) is 9.79. The number of hydrogen-bond donors (Lipinski definition) is 1. The van der Waals surface area contributed by atoms with Crippen LogP contribution in [0.1, 0.15) is 38.8 Å². The van der Waals surface area contributed by atoms with E-state index in [-0.39, 0.29) is 30.4 Å². The van der Waals surface area contributed by atoms with Crippen LogP contribution in [-0.2, 0) is 21.5 Å². The minimum absolute atomic E-state index is 0.0447.